The maximum absolute atomic E-state index is 12.9. The number of hydrogen-bond donors (Lipinski definition) is 0. The number of pyridine rings is 1. The molecule has 0 atom stereocenters. The molecule has 0 spiro atoms. The zero-order valence-electron chi connectivity index (χ0n) is 13.8. The van der Waals surface area contributed by atoms with E-state index in [-0.39, 0.29) is 49.0 Å². The van der Waals surface area contributed by atoms with Crippen LogP contribution >= 0.6 is 0 Å². The third-order valence-corrected chi connectivity index (χ3v) is 5.85. The van der Waals surface area contributed by atoms with E-state index in [1.165, 1.54) is 21.5 Å². The summed E-state index contributed by atoms with van der Waals surface area (Å²) < 4.78 is 69.4. The Morgan fingerprint density at radius 2 is 1.89 bits per heavy atom. The van der Waals surface area contributed by atoms with Gasteiger partial charge in [0.15, 0.2) is 0 Å². The van der Waals surface area contributed by atoms with Gasteiger partial charge in [-0.3, -0.25) is 0 Å². The van der Waals surface area contributed by atoms with Gasteiger partial charge in [0.2, 0.25) is 10.0 Å². The number of nitrogens with zero attached hydrogens (tertiary/aromatic N) is 5. The number of aromatic nitrogens is 2. The van der Waals surface area contributed by atoms with Gasteiger partial charge in [-0.1, -0.05) is 5.16 Å². The third kappa shape index (κ3) is 4.20. The molecule has 144 valence electrons. The maximum Gasteiger partial charge on any atom is 0.433 e. The highest BCUT2D eigenvalue weighted by Gasteiger charge is 2.35. The summed E-state index contributed by atoms with van der Waals surface area (Å²) in [5.41, 5.74) is -0.830. The Morgan fingerprint density at radius 1 is 1.19 bits per heavy atom. The zero-order chi connectivity index (χ0) is 19.7. The van der Waals surface area contributed by atoms with Crippen molar-refractivity contribution in [3.8, 4) is 6.07 Å². The maximum atomic E-state index is 12.9. The summed E-state index contributed by atoms with van der Waals surface area (Å²) in [6, 6.07) is 5.08. The molecule has 0 N–H and O–H groups in total. The Balaban J connectivity index is 1.75. The first kappa shape index (κ1) is 19.1. The topological polar surface area (TPSA) is 103 Å². The van der Waals surface area contributed by atoms with Gasteiger partial charge in [-0.25, -0.2) is 13.4 Å². The standard InChI is InChI=1S/C15H14F3N5O3S/c16-15(17,18)13-2-1-11(9-19)14(20-13)22-4-6-23(7-5-22)27(24,25)10-12-3-8-26-21-12/h1-3,8H,4-7,10H2. The minimum absolute atomic E-state index is 0.00176. The molecular formula is C15H14F3N5O3S. The van der Waals surface area contributed by atoms with Crippen LogP contribution in [0.3, 0.4) is 0 Å². The summed E-state index contributed by atoms with van der Waals surface area (Å²) in [7, 11) is -3.64. The molecule has 12 heteroatoms. The van der Waals surface area contributed by atoms with Gasteiger partial charge in [0.25, 0.3) is 0 Å². The molecule has 3 heterocycles. The first-order chi connectivity index (χ1) is 12.7. The van der Waals surface area contributed by atoms with Crippen molar-refractivity contribution < 1.29 is 26.1 Å². The summed E-state index contributed by atoms with van der Waals surface area (Å²) in [5.74, 6) is -0.421. The number of sulfonamides is 1. The first-order valence-electron chi connectivity index (χ1n) is 7.81. The fourth-order valence-electron chi connectivity index (χ4n) is 2.70. The highest BCUT2D eigenvalue weighted by molar-refractivity contribution is 7.88. The fraction of sp³-hybridized carbons (Fsp3) is 0.400. The van der Waals surface area contributed by atoms with Crippen LogP contribution in [0.4, 0.5) is 19.0 Å². The van der Waals surface area contributed by atoms with E-state index in [0.29, 0.717) is 0 Å². The van der Waals surface area contributed by atoms with Crippen molar-refractivity contribution in [2.24, 2.45) is 0 Å². The Morgan fingerprint density at radius 3 is 2.44 bits per heavy atom. The van der Waals surface area contributed by atoms with E-state index in [4.69, 9.17) is 5.26 Å². The molecule has 0 bridgehead atoms. The van der Waals surface area contributed by atoms with Crippen molar-refractivity contribution in [2.45, 2.75) is 11.9 Å². The van der Waals surface area contributed by atoms with Crippen LogP contribution in [0.2, 0.25) is 0 Å². The van der Waals surface area contributed by atoms with Crippen molar-refractivity contribution >= 4 is 15.8 Å². The third-order valence-electron chi connectivity index (χ3n) is 4.04. The predicted molar refractivity (Wildman–Crippen MR) is 86.9 cm³/mol. The molecular weight excluding hydrogens is 387 g/mol. The monoisotopic (exact) mass is 401 g/mol. The van der Waals surface area contributed by atoms with E-state index in [0.717, 1.165) is 12.1 Å². The van der Waals surface area contributed by atoms with Gasteiger partial charge in [0.1, 0.15) is 29.6 Å². The van der Waals surface area contributed by atoms with Gasteiger partial charge in [-0.2, -0.15) is 22.7 Å². The van der Waals surface area contributed by atoms with Crippen LogP contribution in [-0.2, 0) is 22.0 Å². The Bertz CT molecular complexity index is 946. The quantitative estimate of drug-likeness (QED) is 0.767. The molecule has 3 rings (SSSR count). The number of alkyl halides is 3. The second-order valence-corrected chi connectivity index (χ2v) is 7.78. The molecule has 0 aliphatic carbocycles. The number of halogens is 3. The second kappa shape index (κ2) is 7.16. The largest absolute Gasteiger partial charge is 0.433 e. The van der Waals surface area contributed by atoms with Crippen LogP contribution in [0.15, 0.2) is 29.0 Å². The SMILES string of the molecule is N#Cc1ccc(C(F)(F)F)nc1N1CCN(S(=O)(=O)Cc2ccon2)CC1. The van der Waals surface area contributed by atoms with Gasteiger partial charge < -0.3 is 9.42 Å². The van der Waals surface area contributed by atoms with E-state index in [9.17, 15) is 21.6 Å². The molecule has 2 aromatic rings. The molecule has 1 aliphatic heterocycles. The lowest BCUT2D eigenvalue weighted by Crippen LogP contribution is -2.49. The summed E-state index contributed by atoms with van der Waals surface area (Å²) >= 11 is 0. The van der Waals surface area contributed by atoms with Crippen molar-refractivity contribution in [1.82, 2.24) is 14.4 Å². The minimum atomic E-state index is -4.63. The second-order valence-electron chi connectivity index (χ2n) is 5.81. The molecule has 0 amide bonds. The van der Waals surface area contributed by atoms with Crippen LogP contribution in [0.1, 0.15) is 17.0 Å². The summed E-state index contributed by atoms with van der Waals surface area (Å²) in [6.45, 7) is 0.341. The molecule has 1 saturated heterocycles. The Hall–Kier alpha value is -2.65. The minimum Gasteiger partial charge on any atom is -0.364 e. The number of anilines is 1. The van der Waals surface area contributed by atoms with Gasteiger partial charge in [-0.05, 0) is 12.1 Å². The van der Waals surface area contributed by atoms with E-state index < -0.39 is 21.9 Å². The highest BCUT2D eigenvalue weighted by Crippen LogP contribution is 2.31. The zero-order valence-corrected chi connectivity index (χ0v) is 14.7. The van der Waals surface area contributed by atoms with E-state index in [1.54, 1.807) is 0 Å². The molecule has 0 aromatic carbocycles. The number of hydrogen-bond acceptors (Lipinski definition) is 7. The molecule has 27 heavy (non-hydrogen) atoms. The number of piperazine rings is 1. The molecule has 8 nitrogen and oxygen atoms in total. The lowest BCUT2D eigenvalue weighted by atomic mass is 10.2. The molecule has 2 aromatic heterocycles. The van der Waals surface area contributed by atoms with Crippen molar-refractivity contribution in [2.75, 3.05) is 31.1 Å². The average Bonchev–Trinajstić information content (AvgIpc) is 3.13. The highest BCUT2D eigenvalue weighted by atomic mass is 32.2. The summed E-state index contributed by atoms with van der Waals surface area (Å²) in [5, 5.41) is 12.7. The van der Waals surface area contributed by atoms with Crippen LogP contribution in [0.5, 0.6) is 0 Å². The first-order valence-corrected chi connectivity index (χ1v) is 9.42. The molecule has 0 radical (unpaired) electrons. The van der Waals surface area contributed by atoms with Crippen LogP contribution in [0, 0.1) is 11.3 Å². The Kier molecular flexibility index (Phi) is 5.07. The van der Waals surface area contributed by atoms with E-state index >= 15 is 0 Å². The lowest BCUT2D eigenvalue weighted by molar-refractivity contribution is -0.141. The van der Waals surface area contributed by atoms with Gasteiger partial charge in [-0.15, -0.1) is 0 Å². The molecule has 1 fully saturated rings. The van der Waals surface area contributed by atoms with Crippen molar-refractivity contribution in [3.05, 3.63) is 41.4 Å². The number of nitriles is 1. The lowest BCUT2D eigenvalue weighted by Gasteiger charge is -2.35. The average molecular weight is 401 g/mol. The van der Waals surface area contributed by atoms with Gasteiger partial charge in [0, 0.05) is 32.2 Å². The smallest absolute Gasteiger partial charge is 0.364 e. The summed E-state index contributed by atoms with van der Waals surface area (Å²) in [4.78, 5) is 5.06. The fourth-order valence-corrected chi connectivity index (χ4v) is 4.13. The van der Waals surface area contributed by atoms with Crippen LogP contribution < -0.4 is 4.90 Å². The Labute approximate surface area is 152 Å². The van der Waals surface area contributed by atoms with Crippen LogP contribution in [-0.4, -0.2) is 49.0 Å². The van der Waals surface area contributed by atoms with Gasteiger partial charge in [0.05, 0.1) is 11.3 Å². The van der Waals surface area contributed by atoms with Crippen LogP contribution in [0.25, 0.3) is 0 Å². The van der Waals surface area contributed by atoms with E-state index in [2.05, 4.69) is 14.7 Å². The normalized spacial score (nSPS) is 16.3. The molecule has 0 unspecified atom stereocenters. The molecule has 0 saturated carbocycles. The molecule has 1 aliphatic rings. The number of rotatable bonds is 4. The van der Waals surface area contributed by atoms with Crippen molar-refractivity contribution in [1.29, 1.82) is 5.26 Å². The van der Waals surface area contributed by atoms with Crippen molar-refractivity contribution in [3.63, 3.8) is 0 Å². The van der Waals surface area contributed by atoms with Gasteiger partial charge >= 0.3 is 6.18 Å². The van der Waals surface area contributed by atoms with E-state index in [1.807, 2.05) is 6.07 Å². The summed E-state index contributed by atoms with van der Waals surface area (Å²) in [6.07, 6.45) is -3.36. The predicted octanol–water partition coefficient (Wildman–Crippen LogP) is 1.61.